The van der Waals surface area contributed by atoms with Crippen LogP contribution in [-0.4, -0.2) is 54.0 Å². The van der Waals surface area contributed by atoms with Crippen molar-refractivity contribution in [3.05, 3.63) is 35.9 Å². The molecule has 0 heterocycles. The molecular weight excluding hydrogens is 441 g/mol. The van der Waals surface area contributed by atoms with Crippen LogP contribution in [0.2, 0.25) is 0 Å². The molecule has 2 N–H and O–H groups in total. The van der Waals surface area contributed by atoms with Gasteiger partial charge < -0.3 is 15.4 Å². The number of sulfone groups is 1. The number of benzene rings is 1. The van der Waals surface area contributed by atoms with Crippen molar-refractivity contribution in [1.82, 2.24) is 10.6 Å². The van der Waals surface area contributed by atoms with Crippen molar-refractivity contribution in [2.24, 2.45) is 4.99 Å². The highest BCUT2D eigenvalue weighted by Gasteiger charge is 2.11. The predicted octanol–water partition coefficient (Wildman–Crippen LogP) is 1.81. The Labute approximate surface area is 162 Å². The average Bonchev–Trinajstić information content (AvgIpc) is 2.54. The summed E-state index contributed by atoms with van der Waals surface area (Å²) in [6.45, 7) is 2.03. The van der Waals surface area contributed by atoms with E-state index in [9.17, 15) is 8.42 Å². The second-order valence-electron chi connectivity index (χ2n) is 5.20. The highest BCUT2D eigenvalue weighted by Crippen LogP contribution is 2.06. The highest BCUT2D eigenvalue weighted by atomic mass is 127. The van der Waals surface area contributed by atoms with Crippen molar-refractivity contribution in [1.29, 1.82) is 0 Å². The van der Waals surface area contributed by atoms with Crippen LogP contribution in [0.4, 0.5) is 0 Å². The van der Waals surface area contributed by atoms with Crippen molar-refractivity contribution in [3.8, 4) is 0 Å². The molecule has 1 aromatic rings. The smallest absolute Gasteiger partial charge is 0.190 e. The van der Waals surface area contributed by atoms with E-state index in [-0.39, 0.29) is 35.5 Å². The summed E-state index contributed by atoms with van der Waals surface area (Å²) in [6.07, 6.45) is 1.44. The van der Waals surface area contributed by atoms with Gasteiger partial charge in [-0.15, -0.1) is 24.0 Å². The quantitative estimate of drug-likeness (QED) is 0.237. The van der Waals surface area contributed by atoms with Crippen molar-refractivity contribution < 1.29 is 13.2 Å². The number of aliphatic imine (C=N–C) groups is 1. The molecule has 0 spiro atoms. The van der Waals surface area contributed by atoms with Crippen LogP contribution in [0.15, 0.2) is 35.3 Å². The monoisotopic (exact) mass is 469 g/mol. The molecule has 0 radical (unpaired) electrons. The van der Waals surface area contributed by atoms with Gasteiger partial charge in [0.15, 0.2) is 15.8 Å². The highest BCUT2D eigenvalue weighted by molar-refractivity contribution is 14.0. The minimum absolute atomic E-state index is 0. The summed E-state index contributed by atoms with van der Waals surface area (Å²) >= 11 is 0. The number of guanidine groups is 1. The van der Waals surface area contributed by atoms with Gasteiger partial charge in [-0.25, -0.2) is 8.42 Å². The summed E-state index contributed by atoms with van der Waals surface area (Å²) in [6, 6.07) is 9.26. The van der Waals surface area contributed by atoms with Crippen LogP contribution < -0.4 is 10.6 Å². The molecule has 0 unspecified atom stereocenters. The Bertz CT molecular complexity index is 565. The minimum atomic E-state index is -3.08. The van der Waals surface area contributed by atoms with Crippen molar-refractivity contribution >= 4 is 39.8 Å². The van der Waals surface area contributed by atoms with E-state index < -0.39 is 9.84 Å². The average molecular weight is 469 g/mol. The summed E-state index contributed by atoms with van der Waals surface area (Å²) in [5.74, 6) is 0.939. The first kappa shape index (κ1) is 23.1. The van der Waals surface area contributed by atoms with Crippen LogP contribution in [0.25, 0.3) is 0 Å². The molecule has 0 bridgehead atoms. The number of nitrogens with one attached hydrogen (secondary N) is 2. The van der Waals surface area contributed by atoms with E-state index in [2.05, 4.69) is 15.6 Å². The van der Waals surface area contributed by atoms with E-state index in [0.29, 0.717) is 25.5 Å². The molecule has 0 fully saturated rings. The summed E-state index contributed by atoms with van der Waals surface area (Å²) < 4.78 is 29.1. The molecule has 0 amide bonds. The third-order valence-electron chi connectivity index (χ3n) is 3.20. The number of ether oxygens (including phenoxy) is 1. The number of hydrogen-bond acceptors (Lipinski definition) is 4. The maximum atomic E-state index is 12.1. The minimum Gasteiger partial charge on any atom is -0.385 e. The Hall–Kier alpha value is -0.870. The van der Waals surface area contributed by atoms with Gasteiger partial charge in [0, 0.05) is 33.9 Å². The van der Waals surface area contributed by atoms with Gasteiger partial charge in [0.05, 0.1) is 11.5 Å². The van der Waals surface area contributed by atoms with Crippen LogP contribution in [0.3, 0.4) is 0 Å². The van der Waals surface area contributed by atoms with Crippen molar-refractivity contribution in [3.63, 3.8) is 0 Å². The van der Waals surface area contributed by atoms with Gasteiger partial charge in [0.1, 0.15) is 0 Å². The zero-order valence-corrected chi connectivity index (χ0v) is 17.5. The molecule has 24 heavy (non-hydrogen) atoms. The Morgan fingerprint density at radius 1 is 1.12 bits per heavy atom. The molecule has 0 saturated heterocycles. The fraction of sp³-hybridized carbons (Fsp3) is 0.562. The summed E-state index contributed by atoms with van der Waals surface area (Å²) in [5, 5.41) is 6.27. The van der Waals surface area contributed by atoms with Gasteiger partial charge in [-0.05, 0) is 18.4 Å². The van der Waals surface area contributed by atoms with Crippen molar-refractivity contribution in [2.75, 3.05) is 39.6 Å². The molecule has 138 valence electrons. The van der Waals surface area contributed by atoms with Gasteiger partial charge in [-0.1, -0.05) is 30.3 Å². The van der Waals surface area contributed by atoms with E-state index in [4.69, 9.17) is 4.74 Å². The summed E-state index contributed by atoms with van der Waals surface area (Å²) in [7, 11) is 0.281. The molecule has 0 saturated carbocycles. The van der Waals surface area contributed by atoms with Crippen LogP contribution in [0.1, 0.15) is 18.4 Å². The van der Waals surface area contributed by atoms with E-state index >= 15 is 0 Å². The first-order chi connectivity index (χ1) is 11.1. The summed E-state index contributed by atoms with van der Waals surface area (Å²) in [5.41, 5.74) is 0.830. The molecule has 0 aliphatic carbocycles. The van der Waals surface area contributed by atoms with Crippen molar-refractivity contribution in [2.45, 2.75) is 18.6 Å². The van der Waals surface area contributed by atoms with Crippen LogP contribution in [-0.2, 0) is 20.3 Å². The van der Waals surface area contributed by atoms with Gasteiger partial charge in [0.2, 0.25) is 0 Å². The van der Waals surface area contributed by atoms with Crippen LogP contribution in [0, 0.1) is 0 Å². The second kappa shape index (κ2) is 13.4. The SMILES string of the molecule is CN=C(NCCCOC)NCCCS(=O)(=O)Cc1ccccc1.I. The topological polar surface area (TPSA) is 79.8 Å². The predicted molar refractivity (Wildman–Crippen MR) is 110 cm³/mol. The lowest BCUT2D eigenvalue weighted by atomic mass is 10.2. The normalized spacial score (nSPS) is 11.7. The number of halogens is 1. The second-order valence-corrected chi connectivity index (χ2v) is 7.39. The first-order valence-electron chi connectivity index (χ1n) is 7.75. The number of methoxy groups -OCH3 is 1. The summed E-state index contributed by atoms with van der Waals surface area (Å²) in [4.78, 5) is 4.09. The van der Waals surface area contributed by atoms with Gasteiger partial charge >= 0.3 is 0 Å². The lowest BCUT2D eigenvalue weighted by Crippen LogP contribution is -2.38. The number of rotatable bonds is 10. The van der Waals surface area contributed by atoms with Crippen LogP contribution in [0.5, 0.6) is 0 Å². The fourth-order valence-corrected chi connectivity index (χ4v) is 3.47. The Morgan fingerprint density at radius 2 is 1.75 bits per heavy atom. The van der Waals surface area contributed by atoms with E-state index in [0.717, 1.165) is 18.5 Å². The van der Waals surface area contributed by atoms with E-state index in [1.165, 1.54) is 0 Å². The van der Waals surface area contributed by atoms with E-state index in [1.807, 2.05) is 30.3 Å². The number of hydrogen-bond donors (Lipinski definition) is 2. The Kier molecular flexibility index (Phi) is 12.9. The molecule has 0 aliphatic heterocycles. The molecule has 8 heteroatoms. The maximum Gasteiger partial charge on any atom is 0.190 e. The molecule has 1 rings (SSSR count). The molecular formula is C16H28IN3O3S. The lowest BCUT2D eigenvalue weighted by Gasteiger charge is -2.11. The molecule has 1 aromatic carbocycles. The first-order valence-corrected chi connectivity index (χ1v) is 9.57. The van der Waals surface area contributed by atoms with E-state index in [1.54, 1.807) is 14.2 Å². The molecule has 6 nitrogen and oxygen atoms in total. The Balaban J connectivity index is 0.00000529. The fourth-order valence-electron chi connectivity index (χ4n) is 2.04. The third-order valence-corrected chi connectivity index (χ3v) is 4.88. The zero-order chi connectivity index (χ0) is 17.0. The molecule has 0 atom stereocenters. The largest absolute Gasteiger partial charge is 0.385 e. The molecule has 0 aromatic heterocycles. The third kappa shape index (κ3) is 10.8. The van der Waals surface area contributed by atoms with Gasteiger partial charge in [-0.3, -0.25) is 4.99 Å². The Morgan fingerprint density at radius 3 is 2.33 bits per heavy atom. The standard InChI is InChI=1S/C16H27N3O3S.HI/c1-17-16(18-10-6-12-22-2)19-11-7-13-23(20,21)14-15-8-4-3-5-9-15;/h3-5,8-9H,6-7,10-14H2,1-2H3,(H2,17,18,19);1H. The van der Waals surface area contributed by atoms with Gasteiger partial charge in [0.25, 0.3) is 0 Å². The molecule has 0 aliphatic rings. The van der Waals surface area contributed by atoms with Gasteiger partial charge in [-0.2, -0.15) is 0 Å². The van der Waals surface area contributed by atoms with Crippen LogP contribution >= 0.6 is 24.0 Å². The zero-order valence-electron chi connectivity index (χ0n) is 14.3. The lowest BCUT2D eigenvalue weighted by molar-refractivity contribution is 0.195. The number of nitrogens with zero attached hydrogens (tertiary/aromatic N) is 1. The maximum absolute atomic E-state index is 12.1.